The molecule has 0 spiro atoms. The van der Waals surface area contributed by atoms with E-state index in [1.807, 2.05) is 0 Å². The molecule has 2 unspecified atom stereocenters. The summed E-state index contributed by atoms with van der Waals surface area (Å²) in [4.78, 5) is 10.7. The minimum Gasteiger partial charge on any atom is -0.480 e. The van der Waals surface area contributed by atoms with E-state index in [1.165, 1.54) is 0 Å². The van der Waals surface area contributed by atoms with Gasteiger partial charge in [-0.3, -0.25) is 4.79 Å². The molecule has 1 aliphatic rings. The minimum atomic E-state index is -1.48. The Morgan fingerprint density at radius 2 is 1.78 bits per heavy atom. The molecule has 7 heteroatoms. The fourth-order valence-electron chi connectivity index (χ4n) is 2.09. The molecule has 18 heavy (non-hydrogen) atoms. The molecule has 1 fully saturated rings. The van der Waals surface area contributed by atoms with Gasteiger partial charge in [-0.1, -0.05) is 0 Å². The number of rotatable bonds is 2. The summed E-state index contributed by atoms with van der Waals surface area (Å²) in [6.45, 7) is -0.0479. The summed E-state index contributed by atoms with van der Waals surface area (Å²) < 4.78 is 53.0. The first-order chi connectivity index (χ1) is 8.41. The molecule has 0 aliphatic carbocycles. The summed E-state index contributed by atoms with van der Waals surface area (Å²) in [5.74, 6) is -7.98. The number of carboxylic acid groups (broad SMARTS) is 1. The van der Waals surface area contributed by atoms with Gasteiger partial charge in [0.1, 0.15) is 6.04 Å². The normalized spacial score (nSPS) is 23.3. The van der Waals surface area contributed by atoms with Crippen molar-refractivity contribution in [2.45, 2.75) is 18.4 Å². The number of carbonyl (C=O) groups is 1. The van der Waals surface area contributed by atoms with Gasteiger partial charge in [0.2, 0.25) is 0 Å². The molecule has 1 heterocycles. The molecule has 0 aromatic heterocycles. The Balaban J connectivity index is 2.38. The van der Waals surface area contributed by atoms with Gasteiger partial charge in [0.15, 0.2) is 23.3 Å². The largest absolute Gasteiger partial charge is 0.480 e. The number of halogens is 4. The molecule has 0 radical (unpaired) electrons. The second kappa shape index (κ2) is 4.56. The van der Waals surface area contributed by atoms with Crippen LogP contribution < -0.4 is 5.32 Å². The highest BCUT2D eigenvalue weighted by atomic mass is 19.2. The summed E-state index contributed by atoms with van der Waals surface area (Å²) in [6.07, 6.45) is -0.119. The Morgan fingerprint density at radius 3 is 2.22 bits per heavy atom. The van der Waals surface area contributed by atoms with Crippen LogP contribution in [0.5, 0.6) is 0 Å². The first-order valence-corrected chi connectivity index (χ1v) is 5.21. The second-order valence-corrected chi connectivity index (χ2v) is 4.11. The molecule has 0 bridgehead atoms. The van der Waals surface area contributed by atoms with E-state index in [0.717, 1.165) is 0 Å². The molecule has 1 aromatic rings. The molecule has 1 aromatic carbocycles. The van der Waals surface area contributed by atoms with Crippen molar-refractivity contribution in [2.75, 3.05) is 6.54 Å². The molecule has 2 N–H and O–H groups in total. The van der Waals surface area contributed by atoms with Gasteiger partial charge >= 0.3 is 5.97 Å². The summed E-state index contributed by atoms with van der Waals surface area (Å²) in [7, 11) is 0. The van der Waals surface area contributed by atoms with Gasteiger partial charge < -0.3 is 10.4 Å². The highest BCUT2D eigenvalue weighted by Crippen LogP contribution is 2.32. The van der Waals surface area contributed by atoms with Gasteiger partial charge in [0.05, 0.1) is 0 Å². The number of hydrogen-bond donors (Lipinski definition) is 2. The maximum absolute atomic E-state index is 13.5. The third-order valence-corrected chi connectivity index (χ3v) is 2.98. The fraction of sp³-hybridized carbons (Fsp3) is 0.364. The number of aliphatic carboxylic acids is 1. The molecule has 98 valence electrons. The third kappa shape index (κ3) is 2.05. The topological polar surface area (TPSA) is 49.3 Å². The zero-order valence-corrected chi connectivity index (χ0v) is 9.01. The average Bonchev–Trinajstić information content (AvgIpc) is 2.76. The molecular formula is C11H9F4NO2. The average molecular weight is 263 g/mol. The second-order valence-electron chi connectivity index (χ2n) is 4.11. The maximum atomic E-state index is 13.5. The van der Waals surface area contributed by atoms with Crippen molar-refractivity contribution in [1.82, 2.24) is 5.32 Å². The summed E-state index contributed by atoms with van der Waals surface area (Å²) >= 11 is 0. The molecule has 3 nitrogen and oxygen atoms in total. The van der Waals surface area contributed by atoms with E-state index in [1.54, 1.807) is 0 Å². The molecule has 0 saturated carbocycles. The monoisotopic (exact) mass is 263 g/mol. The van der Waals surface area contributed by atoms with Crippen LogP contribution in [-0.2, 0) is 4.79 Å². The lowest BCUT2D eigenvalue weighted by atomic mass is 9.95. The Labute approximate surface area is 99.4 Å². The van der Waals surface area contributed by atoms with E-state index >= 15 is 0 Å². The van der Waals surface area contributed by atoms with Crippen LogP contribution >= 0.6 is 0 Å². The van der Waals surface area contributed by atoms with Crippen molar-refractivity contribution >= 4 is 5.97 Å². The Kier molecular flexibility index (Phi) is 3.25. The van der Waals surface area contributed by atoms with Gasteiger partial charge in [-0.15, -0.1) is 0 Å². The van der Waals surface area contributed by atoms with Gasteiger partial charge in [0.25, 0.3) is 0 Å². The quantitative estimate of drug-likeness (QED) is 0.631. The van der Waals surface area contributed by atoms with Crippen molar-refractivity contribution in [3.8, 4) is 0 Å². The van der Waals surface area contributed by atoms with Gasteiger partial charge in [-0.2, -0.15) is 0 Å². The van der Waals surface area contributed by atoms with E-state index in [9.17, 15) is 22.4 Å². The van der Waals surface area contributed by atoms with Crippen LogP contribution in [0.1, 0.15) is 17.9 Å². The van der Waals surface area contributed by atoms with E-state index < -0.39 is 46.8 Å². The number of benzene rings is 1. The maximum Gasteiger partial charge on any atom is 0.320 e. The smallest absolute Gasteiger partial charge is 0.320 e. The highest BCUT2D eigenvalue weighted by Gasteiger charge is 2.35. The summed E-state index contributed by atoms with van der Waals surface area (Å²) in [5, 5.41) is 11.2. The van der Waals surface area contributed by atoms with Gasteiger partial charge in [-0.05, 0) is 6.42 Å². The Bertz CT molecular complexity index is 480. The Morgan fingerprint density at radius 1 is 1.22 bits per heavy atom. The third-order valence-electron chi connectivity index (χ3n) is 2.98. The Hall–Kier alpha value is -1.63. The van der Waals surface area contributed by atoms with Crippen molar-refractivity contribution in [1.29, 1.82) is 0 Å². The zero-order chi connectivity index (χ0) is 13.4. The van der Waals surface area contributed by atoms with E-state index in [-0.39, 0.29) is 19.0 Å². The number of nitrogens with one attached hydrogen (secondary N) is 1. The fourth-order valence-corrected chi connectivity index (χ4v) is 2.09. The SMILES string of the molecule is O=C(O)C1CC(c2c(F)c(F)cc(F)c2F)CN1. The van der Waals surface area contributed by atoms with Crippen molar-refractivity contribution in [3.63, 3.8) is 0 Å². The summed E-state index contributed by atoms with van der Waals surface area (Å²) in [5.41, 5.74) is -0.733. The molecule has 1 saturated heterocycles. The summed E-state index contributed by atoms with van der Waals surface area (Å²) in [6, 6.07) is -0.842. The number of carboxylic acids is 1. The van der Waals surface area contributed by atoms with E-state index in [2.05, 4.69) is 5.32 Å². The molecule has 2 atom stereocenters. The van der Waals surface area contributed by atoms with E-state index in [0.29, 0.717) is 0 Å². The van der Waals surface area contributed by atoms with Crippen LogP contribution in [0.4, 0.5) is 17.6 Å². The van der Waals surface area contributed by atoms with Crippen LogP contribution in [0, 0.1) is 23.3 Å². The predicted molar refractivity (Wildman–Crippen MR) is 53.1 cm³/mol. The van der Waals surface area contributed by atoms with Crippen molar-refractivity contribution in [3.05, 3.63) is 34.9 Å². The lowest BCUT2D eigenvalue weighted by Gasteiger charge is -2.12. The standard InChI is InChI=1S/C11H9F4NO2/c12-5-2-6(13)10(15)8(9(5)14)4-1-7(11(17)18)16-3-4/h2,4,7,16H,1,3H2,(H,17,18). The minimum absolute atomic E-state index is 0.0479. The van der Waals surface area contributed by atoms with Gasteiger partial charge in [0, 0.05) is 24.1 Å². The first kappa shape index (κ1) is 12.8. The molecule has 2 rings (SSSR count). The van der Waals surface area contributed by atoms with E-state index in [4.69, 9.17) is 5.11 Å². The number of hydrogen-bond acceptors (Lipinski definition) is 2. The van der Waals surface area contributed by atoms with Crippen molar-refractivity contribution in [2.24, 2.45) is 0 Å². The van der Waals surface area contributed by atoms with Crippen LogP contribution in [0.3, 0.4) is 0 Å². The molecule has 1 aliphatic heterocycles. The highest BCUT2D eigenvalue weighted by molar-refractivity contribution is 5.74. The lowest BCUT2D eigenvalue weighted by molar-refractivity contribution is -0.139. The van der Waals surface area contributed by atoms with Crippen LogP contribution in [0.25, 0.3) is 0 Å². The first-order valence-electron chi connectivity index (χ1n) is 5.21. The van der Waals surface area contributed by atoms with Crippen LogP contribution in [0.2, 0.25) is 0 Å². The van der Waals surface area contributed by atoms with Crippen molar-refractivity contribution < 1.29 is 27.5 Å². The van der Waals surface area contributed by atoms with Crippen LogP contribution in [0.15, 0.2) is 6.07 Å². The molecule has 0 amide bonds. The zero-order valence-electron chi connectivity index (χ0n) is 9.01. The van der Waals surface area contributed by atoms with Gasteiger partial charge in [-0.25, -0.2) is 17.6 Å². The predicted octanol–water partition coefficient (Wildman–Crippen LogP) is 1.77. The molecular weight excluding hydrogens is 254 g/mol. The lowest BCUT2D eigenvalue weighted by Crippen LogP contribution is -2.29. The van der Waals surface area contributed by atoms with Crippen LogP contribution in [-0.4, -0.2) is 23.7 Å².